The van der Waals surface area contributed by atoms with Gasteiger partial charge in [-0.3, -0.25) is 9.69 Å². The van der Waals surface area contributed by atoms with E-state index in [0.717, 1.165) is 31.2 Å². The molecule has 0 radical (unpaired) electrons. The summed E-state index contributed by atoms with van der Waals surface area (Å²) in [5.74, 6) is 0.130. The molecule has 3 aromatic rings. The molecule has 4 heterocycles. The average Bonchev–Trinajstić information content (AvgIpc) is 3.40. The van der Waals surface area contributed by atoms with Gasteiger partial charge in [0.2, 0.25) is 0 Å². The zero-order valence-corrected chi connectivity index (χ0v) is 17.1. The minimum Gasteiger partial charge on any atom is -0.459 e. The lowest BCUT2D eigenvalue weighted by Crippen LogP contribution is -2.46. The molecule has 0 bridgehead atoms. The molecule has 142 valence electrons. The van der Waals surface area contributed by atoms with Crippen molar-refractivity contribution in [3.63, 3.8) is 0 Å². The summed E-state index contributed by atoms with van der Waals surface area (Å²) >= 11 is 3.40. The molecule has 1 atom stereocenters. The summed E-state index contributed by atoms with van der Waals surface area (Å²) in [5.41, 5.74) is 1.17. The molecule has 1 aliphatic heterocycles. The summed E-state index contributed by atoms with van der Waals surface area (Å²) in [5, 5.41) is 6.11. The van der Waals surface area contributed by atoms with E-state index in [1.165, 1.54) is 21.6 Å². The Bertz CT molecular complexity index is 879. The number of thiophene rings is 2. The van der Waals surface area contributed by atoms with Crippen molar-refractivity contribution in [1.29, 1.82) is 0 Å². The Morgan fingerprint density at radius 1 is 1.22 bits per heavy atom. The summed E-state index contributed by atoms with van der Waals surface area (Å²) < 4.78 is 5.25. The van der Waals surface area contributed by atoms with Crippen LogP contribution in [0.15, 0.2) is 46.4 Å². The van der Waals surface area contributed by atoms with Gasteiger partial charge in [-0.25, -0.2) is 0 Å². The minimum absolute atomic E-state index is 0.163. The number of amides is 1. The van der Waals surface area contributed by atoms with E-state index in [4.69, 9.17) is 4.42 Å². The summed E-state index contributed by atoms with van der Waals surface area (Å²) in [6.45, 7) is 6.23. The summed E-state index contributed by atoms with van der Waals surface area (Å²) in [6, 6.07) is 10.1. The van der Waals surface area contributed by atoms with Crippen LogP contribution in [-0.4, -0.2) is 48.9 Å². The number of carbonyl (C=O) groups is 1. The number of hydrogen-bond acceptors (Lipinski definition) is 6. The van der Waals surface area contributed by atoms with E-state index in [9.17, 15) is 4.79 Å². The first-order chi connectivity index (χ1) is 13.1. The summed E-state index contributed by atoms with van der Waals surface area (Å²) in [6.07, 6.45) is 1.52. The van der Waals surface area contributed by atoms with Crippen LogP contribution in [-0.2, 0) is 0 Å². The third-order valence-electron chi connectivity index (χ3n) is 4.87. The van der Waals surface area contributed by atoms with Gasteiger partial charge in [-0.05, 0) is 43.6 Å². The first-order valence-electron chi connectivity index (χ1n) is 9.03. The maximum absolute atomic E-state index is 12.5. The summed E-state index contributed by atoms with van der Waals surface area (Å²) in [7, 11) is 2.17. The van der Waals surface area contributed by atoms with E-state index in [1.807, 2.05) is 0 Å². The van der Waals surface area contributed by atoms with Crippen molar-refractivity contribution >= 4 is 33.6 Å². The van der Waals surface area contributed by atoms with Gasteiger partial charge in [0.05, 0.1) is 12.3 Å². The normalized spacial score (nSPS) is 17.1. The number of nitrogens with zero attached hydrogens (tertiary/aromatic N) is 2. The fourth-order valence-corrected chi connectivity index (χ4v) is 5.28. The highest BCUT2D eigenvalue weighted by Gasteiger charge is 2.29. The van der Waals surface area contributed by atoms with Gasteiger partial charge in [0.1, 0.15) is 5.00 Å². The second kappa shape index (κ2) is 7.98. The highest BCUT2D eigenvalue weighted by atomic mass is 32.1. The zero-order chi connectivity index (χ0) is 18.8. The molecule has 1 fully saturated rings. The predicted octanol–water partition coefficient (Wildman–Crippen LogP) is 4.30. The van der Waals surface area contributed by atoms with Gasteiger partial charge < -0.3 is 14.6 Å². The van der Waals surface area contributed by atoms with Crippen molar-refractivity contribution in [3.05, 3.63) is 63.1 Å². The van der Waals surface area contributed by atoms with Gasteiger partial charge in [0.15, 0.2) is 5.76 Å². The van der Waals surface area contributed by atoms with Crippen molar-refractivity contribution in [1.82, 2.24) is 9.80 Å². The number of likely N-dealkylation sites (N-methyl/N-ethyl adjacent to an activating group) is 1. The highest BCUT2D eigenvalue weighted by Crippen LogP contribution is 2.40. The van der Waals surface area contributed by atoms with Crippen molar-refractivity contribution < 1.29 is 9.21 Å². The lowest BCUT2D eigenvalue weighted by Gasteiger charge is -2.37. The van der Waals surface area contributed by atoms with E-state index >= 15 is 0 Å². The molecule has 7 heteroatoms. The van der Waals surface area contributed by atoms with E-state index in [0.29, 0.717) is 5.76 Å². The van der Waals surface area contributed by atoms with Crippen LogP contribution in [0.3, 0.4) is 0 Å². The van der Waals surface area contributed by atoms with Crippen molar-refractivity contribution in [2.24, 2.45) is 0 Å². The van der Waals surface area contributed by atoms with Gasteiger partial charge in [0, 0.05) is 41.5 Å². The SMILES string of the molecule is Cc1cc([C@@H](c2cccs2)N2CCN(C)CC2)c(NC(=O)c2ccco2)s1. The number of carbonyl (C=O) groups excluding carboxylic acids is 1. The average molecular weight is 402 g/mol. The van der Waals surface area contributed by atoms with Gasteiger partial charge in [-0.1, -0.05) is 6.07 Å². The van der Waals surface area contributed by atoms with E-state index in [2.05, 4.69) is 52.7 Å². The van der Waals surface area contributed by atoms with Crippen molar-refractivity contribution in [2.75, 3.05) is 38.5 Å². The van der Waals surface area contributed by atoms with Gasteiger partial charge >= 0.3 is 0 Å². The molecule has 1 aliphatic rings. The van der Waals surface area contributed by atoms with Crippen molar-refractivity contribution in [3.8, 4) is 0 Å². The molecule has 1 saturated heterocycles. The number of piperazine rings is 1. The Kier molecular flexibility index (Phi) is 5.45. The Morgan fingerprint density at radius 2 is 2.04 bits per heavy atom. The van der Waals surface area contributed by atoms with Crippen LogP contribution >= 0.6 is 22.7 Å². The molecule has 0 saturated carbocycles. The summed E-state index contributed by atoms with van der Waals surface area (Å²) in [4.78, 5) is 19.9. The third kappa shape index (κ3) is 4.01. The molecule has 27 heavy (non-hydrogen) atoms. The fourth-order valence-electron chi connectivity index (χ4n) is 3.46. The third-order valence-corrected chi connectivity index (χ3v) is 6.77. The first kappa shape index (κ1) is 18.4. The van der Waals surface area contributed by atoms with Gasteiger partial charge in [0.25, 0.3) is 5.91 Å². The molecular formula is C20H23N3O2S2. The maximum atomic E-state index is 12.5. The molecule has 5 nitrogen and oxygen atoms in total. The highest BCUT2D eigenvalue weighted by molar-refractivity contribution is 7.16. The quantitative estimate of drug-likeness (QED) is 0.692. The number of furan rings is 1. The van der Waals surface area contributed by atoms with Crippen LogP contribution in [0, 0.1) is 6.92 Å². The second-order valence-corrected chi connectivity index (χ2v) is 9.07. The van der Waals surface area contributed by atoms with Gasteiger partial charge in [-0.2, -0.15) is 0 Å². The smallest absolute Gasteiger partial charge is 0.291 e. The lowest BCUT2D eigenvalue weighted by molar-refractivity contribution is 0.0996. The molecule has 4 rings (SSSR count). The van der Waals surface area contributed by atoms with Crippen LogP contribution in [0.25, 0.3) is 0 Å². The van der Waals surface area contributed by atoms with Crippen LogP contribution in [0.5, 0.6) is 0 Å². The number of aryl methyl sites for hydroxylation is 1. The van der Waals surface area contributed by atoms with E-state index < -0.39 is 0 Å². The fraction of sp³-hybridized carbons (Fsp3) is 0.350. The van der Waals surface area contributed by atoms with Crippen LogP contribution in [0.1, 0.15) is 31.9 Å². The molecule has 0 aliphatic carbocycles. The molecule has 0 unspecified atom stereocenters. The molecule has 1 amide bonds. The number of rotatable bonds is 5. The monoisotopic (exact) mass is 401 g/mol. The van der Waals surface area contributed by atoms with E-state index in [1.54, 1.807) is 34.8 Å². The number of anilines is 1. The second-order valence-electron chi connectivity index (χ2n) is 6.83. The van der Waals surface area contributed by atoms with Crippen LogP contribution in [0.4, 0.5) is 5.00 Å². The van der Waals surface area contributed by atoms with Gasteiger partial charge in [-0.15, -0.1) is 22.7 Å². The minimum atomic E-state index is -0.202. The topological polar surface area (TPSA) is 48.7 Å². The largest absolute Gasteiger partial charge is 0.459 e. The van der Waals surface area contributed by atoms with E-state index in [-0.39, 0.29) is 11.9 Å². The Hall–Kier alpha value is -1.93. The standard InChI is InChI=1S/C20H23N3O2S2/c1-14-13-15(20(27-14)21-19(24)16-5-3-11-25-16)18(17-6-4-12-26-17)23-9-7-22(2)8-10-23/h3-6,11-13,18H,7-10H2,1-2H3,(H,21,24)/t18-/m0/s1. The molecule has 3 aromatic heterocycles. The maximum Gasteiger partial charge on any atom is 0.291 e. The first-order valence-corrected chi connectivity index (χ1v) is 10.7. The number of nitrogens with one attached hydrogen (secondary N) is 1. The van der Waals surface area contributed by atoms with Crippen molar-refractivity contribution in [2.45, 2.75) is 13.0 Å². The Labute approximate surface area is 167 Å². The molecular weight excluding hydrogens is 378 g/mol. The molecule has 0 spiro atoms. The Balaban J connectivity index is 1.67. The number of hydrogen-bond donors (Lipinski definition) is 1. The predicted molar refractivity (Wildman–Crippen MR) is 111 cm³/mol. The lowest BCUT2D eigenvalue weighted by atomic mass is 10.0. The van der Waals surface area contributed by atoms with Crippen LogP contribution in [0.2, 0.25) is 0 Å². The molecule has 1 N–H and O–H groups in total. The molecule has 0 aromatic carbocycles. The Morgan fingerprint density at radius 3 is 2.70 bits per heavy atom. The van der Waals surface area contributed by atoms with Crippen LogP contribution < -0.4 is 5.32 Å². The zero-order valence-electron chi connectivity index (χ0n) is 15.5.